The average Bonchev–Trinajstić information content (AvgIpc) is 2.53. The molecule has 134 valence electrons. The van der Waals surface area contributed by atoms with Crippen molar-refractivity contribution in [1.82, 2.24) is 10.6 Å². The molecule has 0 aliphatic heterocycles. The van der Waals surface area contributed by atoms with Crippen LogP contribution in [0.1, 0.15) is 52.0 Å². The number of hydrogen-bond acceptors (Lipinski definition) is 4. The van der Waals surface area contributed by atoms with Gasteiger partial charge in [-0.1, -0.05) is 30.3 Å². The van der Waals surface area contributed by atoms with Gasteiger partial charge >= 0.3 is 6.09 Å². The first kappa shape index (κ1) is 18.7. The van der Waals surface area contributed by atoms with E-state index in [-0.39, 0.29) is 18.2 Å². The molecule has 1 amide bonds. The van der Waals surface area contributed by atoms with E-state index in [0.717, 1.165) is 31.2 Å². The largest absolute Gasteiger partial charge is 0.444 e. The van der Waals surface area contributed by atoms with Crippen LogP contribution in [0, 0.1) is 0 Å². The van der Waals surface area contributed by atoms with Crippen LogP contribution in [-0.4, -0.2) is 36.0 Å². The molecule has 24 heavy (non-hydrogen) atoms. The van der Waals surface area contributed by atoms with Gasteiger partial charge in [0.05, 0.1) is 12.1 Å². The Kier molecular flexibility index (Phi) is 6.24. The van der Waals surface area contributed by atoms with E-state index in [1.54, 1.807) is 0 Å². The number of amides is 1. The molecule has 0 bridgehead atoms. The molecule has 3 N–H and O–H groups in total. The fraction of sp³-hybridized carbons (Fsp3) is 0.632. The lowest BCUT2D eigenvalue weighted by Gasteiger charge is -2.41. The van der Waals surface area contributed by atoms with E-state index in [1.165, 1.54) is 0 Å². The number of aliphatic hydroxyl groups is 1. The SMILES string of the molecule is CC(C)(C)OC(=O)NC1(c2ccccc2)CCC(NCCO)CC1. The number of hydrogen-bond donors (Lipinski definition) is 3. The first-order valence-electron chi connectivity index (χ1n) is 8.76. The van der Waals surface area contributed by atoms with Crippen molar-refractivity contribution in [1.29, 1.82) is 0 Å². The Morgan fingerprint density at radius 3 is 2.42 bits per heavy atom. The number of aliphatic hydroxyl groups excluding tert-OH is 1. The predicted molar refractivity (Wildman–Crippen MR) is 94.8 cm³/mol. The highest BCUT2D eigenvalue weighted by Crippen LogP contribution is 2.37. The summed E-state index contributed by atoms with van der Waals surface area (Å²) in [6.45, 7) is 6.38. The highest BCUT2D eigenvalue weighted by Gasteiger charge is 2.39. The summed E-state index contributed by atoms with van der Waals surface area (Å²) >= 11 is 0. The molecule has 1 fully saturated rings. The zero-order valence-electron chi connectivity index (χ0n) is 15.0. The van der Waals surface area contributed by atoms with E-state index in [2.05, 4.69) is 22.8 Å². The number of nitrogens with one attached hydrogen (secondary N) is 2. The summed E-state index contributed by atoms with van der Waals surface area (Å²) < 4.78 is 5.48. The summed E-state index contributed by atoms with van der Waals surface area (Å²) in [6.07, 6.45) is 3.22. The predicted octanol–water partition coefficient (Wildman–Crippen LogP) is 2.93. The number of carbonyl (C=O) groups is 1. The third-order valence-electron chi connectivity index (χ3n) is 4.45. The van der Waals surface area contributed by atoms with Crippen LogP contribution in [-0.2, 0) is 10.3 Å². The minimum atomic E-state index is -0.512. The van der Waals surface area contributed by atoms with Gasteiger partial charge in [-0.2, -0.15) is 0 Å². The third kappa shape index (κ3) is 5.21. The number of alkyl carbamates (subject to hydrolysis) is 1. The van der Waals surface area contributed by atoms with Crippen molar-refractivity contribution < 1.29 is 14.6 Å². The molecule has 1 aliphatic rings. The van der Waals surface area contributed by atoms with Crippen LogP contribution in [0.3, 0.4) is 0 Å². The highest BCUT2D eigenvalue weighted by molar-refractivity contribution is 5.69. The van der Waals surface area contributed by atoms with Crippen LogP contribution in [0.2, 0.25) is 0 Å². The van der Waals surface area contributed by atoms with E-state index < -0.39 is 5.60 Å². The first-order chi connectivity index (χ1) is 11.3. The van der Waals surface area contributed by atoms with Gasteiger partial charge in [0.1, 0.15) is 5.60 Å². The lowest BCUT2D eigenvalue weighted by molar-refractivity contribution is 0.0410. The second-order valence-electron chi connectivity index (χ2n) is 7.53. The second kappa shape index (κ2) is 7.99. The molecule has 0 atom stereocenters. The van der Waals surface area contributed by atoms with E-state index in [0.29, 0.717) is 12.6 Å². The Balaban J connectivity index is 2.11. The van der Waals surface area contributed by atoms with Gasteiger partial charge in [-0.15, -0.1) is 0 Å². The fourth-order valence-corrected chi connectivity index (χ4v) is 3.33. The number of ether oxygens (including phenoxy) is 1. The van der Waals surface area contributed by atoms with E-state index in [4.69, 9.17) is 9.84 Å². The van der Waals surface area contributed by atoms with Gasteiger partial charge in [0, 0.05) is 12.6 Å². The number of benzene rings is 1. The van der Waals surface area contributed by atoms with Crippen molar-refractivity contribution in [2.24, 2.45) is 0 Å². The van der Waals surface area contributed by atoms with Crippen molar-refractivity contribution in [2.45, 2.75) is 63.6 Å². The summed E-state index contributed by atoms with van der Waals surface area (Å²) in [4.78, 5) is 12.4. The molecule has 1 aromatic rings. The zero-order valence-corrected chi connectivity index (χ0v) is 15.0. The van der Waals surface area contributed by atoms with Crippen LogP contribution in [0.5, 0.6) is 0 Å². The van der Waals surface area contributed by atoms with Gasteiger partial charge in [-0.25, -0.2) is 4.79 Å². The Morgan fingerprint density at radius 1 is 1.25 bits per heavy atom. The van der Waals surface area contributed by atoms with Crippen LogP contribution in [0.25, 0.3) is 0 Å². The van der Waals surface area contributed by atoms with Gasteiger partial charge < -0.3 is 20.5 Å². The van der Waals surface area contributed by atoms with E-state index >= 15 is 0 Å². The Bertz CT molecular complexity index is 517. The lowest BCUT2D eigenvalue weighted by atomic mass is 9.75. The van der Waals surface area contributed by atoms with Crippen molar-refractivity contribution >= 4 is 6.09 Å². The normalized spacial score (nSPS) is 24.4. The summed E-state index contributed by atoms with van der Waals surface area (Å²) in [5.74, 6) is 0. The third-order valence-corrected chi connectivity index (χ3v) is 4.45. The fourth-order valence-electron chi connectivity index (χ4n) is 3.33. The molecule has 5 heteroatoms. The van der Waals surface area contributed by atoms with Crippen molar-refractivity contribution in [3.63, 3.8) is 0 Å². The van der Waals surface area contributed by atoms with Gasteiger partial charge in [-0.05, 0) is 52.0 Å². The van der Waals surface area contributed by atoms with Crippen LogP contribution >= 0.6 is 0 Å². The second-order valence-corrected chi connectivity index (χ2v) is 7.53. The minimum Gasteiger partial charge on any atom is -0.444 e. The zero-order chi connectivity index (χ0) is 17.6. The van der Waals surface area contributed by atoms with Gasteiger partial charge in [-0.3, -0.25) is 0 Å². The summed E-state index contributed by atoms with van der Waals surface area (Å²) in [7, 11) is 0. The standard InChI is InChI=1S/C19H30N2O3/c1-18(2,3)24-17(23)21-19(15-7-5-4-6-8-15)11-9-16(10-12-19)20-13-14-22/h4-8,16,20,22H,9-14H2,1-3H3,(H,21,23). The number of rotatable bonds is 5. The maximum atomic E-state index is 12.4. The first-order valence-corrected chi connectivity index (χ1v) is 8.76. The van der Waals surface area contributed by atoms with Gasteiger partial charge in [0.2, 0.25) is 0 Å². The van der Waals surface area contributed by atoms with Crippen LogP contribution < -0.4 is 10.6 Å². The summed E-state index contributed by atoms with van der Waals surface area (Å²) in [5, 5.41) is 15.5. The Morgan fingerprint density at radius 2 is 1.88 bits per heavy atom. The maximum absolute atomic E-state index is 12.4. The van der Waals surface area contributed by atoms with Gasteiger partial charge in [0.25, 0.3) is 0 Å². The molecule has 0 aromatic heterocycles. The minimum absolute atomic E-state index is 0.149. The lowest BCUT2D eigenvalue weighted by Crippen LogP contribution is -2.52. The van der Waals surface area contributed by atoms with Crippen LogP contribution in [0.4, 0.5) is 4.79 Å². The molecular weight excluding hydrogens is 304 g/mol. The quantitative estimate of drug-likeness (QED) is 0.774. The summed E-state index contributed by atoms with van der Waals surface area (Å²) in [6, 6.07) is 10.5. The van der Waals surface area contributed by atoms with E-state index in [1.807, 2.05) is 39.0 Å². The van der Waals surface area contributed by atoms with Crippen molar-refractivity contribution in [2.75, 3.05) is 13.2 Å². The summed E-state index contributed by atoms with van der Waals surface area (Å²) in [5.41, 5.74) is 0.222. The molecule has 5 nitrogen and oxygen atoms in total. The van der Waals surface area contributed by atoms with E-state index in [9.17, 15) is 4.79 Å². The van der Waals surface area contributed by atoms with Crippen molar-refractivity contribution in [3.05, 3.63) is 35.9 Å². The molecule has 1 aliphatic carbocycles. The monoisotopic (exact) mass is 334 g/mol. The smallest absolute Gasteiger partial charge is 0.408 e. The molecule has 0 radical (unpaired) electrons. The molecular formula is C19H30N2O3. The topological polar surface area (TPSA) is 70.6 Å². The molecule has 0 spiro atoms. The number of carbonyl (C=O) groups excluding carboxylic acids is 1. The molecule has 2 rings (SSSR count). The average molecular weight is 334 g/mol. The molecule has 1 aromatic carbocycles. The van der Waals surface area contributed by atoms with Crippen LogP contribution in [0.15, 0.2) is 30.3 Å². The molecule has 0 heterocycles. The molecule has 0 saturated heterocycles. The van der Waals surface area contributed by atoms with Crippen molar-refractivity contribution in [3.8, 4) is 0 Å². The Hall–Kier alpha value is -1.59. The molecule has 1 saturated carbocycles. The molecule has 0 unspecified atom stereocenters. The van der Waals surface area contributed by atoms with Gasteiger partial charge in [0.15, 0.2) is 0 Å². The Labute approximate surface area is 144 Å². The highest BCUT2D eigenvalue weighted by atomic mass is 16.6. The maximum Gasteiger partial charge on any atom is 0.408 e.